The van der Waals surface area contributed by atoms with Crippen LogP contribution in [0.1, 0.15) is 31.7 Å². The van der Waals surface area contributed by atoms with Crippen molar-refractivity contribution in [3.63, 3.8) is 0 Å². The summed E-state index contributed by atoms with van der Waals surface area (Å²) in [4.78, 5) is 3.31. The molecule has 4 heteroatoms. The third kappa shape index (κ3) is 1.50. The largest absolute Gasteiger partial charge is 0.331 e. The van der Waals surface area contributed by atoms with E-state index in [1.807, 2.05) is 18.2 Å². The second-order valence-corrected chi connectivity index (χ2v) is 6.53. The Morgan fingerprint density at radius 1 is 1.28 bits per heavy atom. The minimum Gasteiger partial charge on any atom is -0.331 e. The van der Waals surface area contributed by atoms with Gasteiger partial charge >= 0.3 is 0 Å². The molecule has 1 aromatic carbocycles. The summed E-state index contributed by atoms with van der Waals surface area (Å²) >= 11 is 11.6. The minimum atomic E-state index is 0.587. The summed E-state index contributed by atoms with van der Waals surface area (Å²) in [5.74, 6) is 1.74. The van der Waals surface area contributed by atoms with Crippen LogP contribution in [0.15, 0.2) is 18.2 Å². The van der Waals surface area contributed by atoms with E-state index >= 15 is 0 Å². The van der Waals surface area contributed by atoms with Crippen molar-refractivity contribution in [3.05, 3.63) is 28.0 Å². The van der Waals surface area contributed by atoms with Gasteiger partial charge in [0.15, 0.2) is 4.77 Å². The van der Waals surface area contributed by atoms with E-state index in [-0.39, 0.29) is 0 Å². The summed E-state index contributed by atoms with van der Waals surface area (Å²) in [5.41, 5.74) is 2.28. The van der Waals surface area contributed by atoms with E-state index in [0.29, 0.717) is 6.04 Å². The molecule has 3 atom stereocenters. The molecular weight excluding hydrogens is 264 g/mol. The summed E-state index contributed by atoms with van der Waals surface area (Å²) in [6.07, 6.45) is 5.46. The number of benzene rings is 1. The third-order valence-electron chi connectivity index (χ3n) is 4.71. The van der Waals surface area contributed by atoms with Gasteiger partial charge in [0.25, 0.3) is 0 Å². The van der Waals surface area contributed by atoms with Crippen molar-refractivity contribution in [1.82, 2.24) is 9.55 Å². The molecule has 0 radical (unpaired) electrons. The quantitative estimate of drug-likeness (QED) is 0.749. The van der Waals surface area contributed by atoms with Crippen molar-refractivity contribution in [2.75, 3.05) is 0 Å². The van der Waals surface area contributed by atoms with Crippen LogP contribution in [-0.4, -0.2) is 9.55 Å². The summed E-state index contributed by atoms with van der Waals surface area (Å²) < 4.78 is 3.17. The zero-order chi connectivity index (χ0) is 12.3. The highest BCUT2D eigenvalue weighted by atomic mass is 35.5. The van der Waals surface area contributed by atoms with Gasteiger partial charge in [-0.1, -0.05) is 18.0 Å². The van der Waals surface area contributed by atoms with Gasteiger partial charge in [0.2, 0.25) is 0 Å². The molecule has 2 bridgehead atoms. The van der Waals surface area contributed by atoms with Crippen LogP contribution in [0, 0.1) is 16.6 Å². The van der Waals surface area contributed by atoms with Crippen LogP contribution < -0.4 is 0 Å². The smallest absolute Gasteiger partial charge is 0.178 e. The number of nitrogens with zero attached hydrogens (tertiary/aromatic N) is 1. The maximum Gasteiger partial charge on any atom is 0.178 e. The second-order valence-electron chi connectivity index (χ2n) is 5.70. The lowest BCUT2D eigenvalue weighted by Gasteiger charge is -2.23. The summed E-state index contributed by atoms with van der Waals surface area (Å²) in [7, 11) is 0. The molecule has 0 spiro atoms. The van der Waals surface area contributed by atoms with E-state index in [4.69, 9.17) is 23.8 Å². The molecule has 0 saturated heterocycles. The fourth-order valence-electron chi connectivity index (χ4n) is 3.95. The molecule has 2 fully saturated rings. The first-order valence-corrected chi connectivity index (χ1v) is 7.41. The maximum atomic E-state index is 6.12. The summed E-state index contributed by atoms with van der Waals surface area (Å²) in [5, 5.41) is 0.786. The van der Waals surface area contributed by atoms with Gasteiger partial charge in [0.1, 0.15) is 0 Å². The van der Waals surface area contributed by atoms with Gasteiger partial charge in [-0.05, 0) is 61.5 Å². The van der Waals surface area contributed by atoms with Crippen molar-refractivity contribution in [2.45, 2.75) is 31.7 Å². The van der Waals surface area contributed by atoms with Gasteiger partial charge in [-0.15, -0.1) is 0 Å². The first kappa shape index (κ1) is 11.1. The second kappa shape index (κ2) is 3.84. The molecule has 2 aliphatic carbocycles. The number of fused-ring (bicyclic) bond motifs is 3. The number of aromatic amines is 1. The van der Waals surface area contributed by atoms with E-state index in [1.54, 1.807) is 0 Å². The molecule has 4 rings (SSSR count). The maximum absolute atomic E-state index is 6.12. The zero-order valence-corrected chi connectivity index (χ0v) is 11.6. The van der Waals surface area contributed by atoms with Crippen LogP contribution in [-0.2, 0) is 0 Å². The number of nitrogens with one attached hydrogen (secondary N) is 1. The number of hydrogen-bond acceptors (Lipinski definition) is 1. The van der Waals surface area contributed by atoms with Gasteiger partial charge in [-0.3, -0.25) is 0 Å². The molecule has 18 heavy (non-hydrogen) atoms. The fourth-order valence-corrected chi connectivity index (χ4v) is 4.46. The lowest BCUT2D eigenvalue weighted by Crippen LogP contribution is -2.16. The summed E-state index contributed by atoms with van der Waals surface area (Å²) in [6, 6.07) is 6.57. The molecule has 2 aromatic rings. The number of hydrogen-bond donors (Lipinski definition) is 1. The molecule has 3 unspecified atom stereocenters. The normalized spacial score (nSPS) is 30.4. The van der Waals surface area contributed by atoms with E-state index < -0.39 is 0 Å². The van der Waals surface area contributed by atoms with Crippen LogP contribution in [0.25, 0.3) is 11.0 Å². The Labute approximate surface area is 116 Å². The highest BCUT2D eigenvalue weighted by Crippen LogP contribution is 2.51. The molecule has 1 heterocycles. The first-order valence-electron chi connectivity index (χ1n) is 6.62. The van der Waals surface area contributed by atoms with Gasteiger partial charge in [0.05, 0.1) is 11.0 Å². The van der Waals surface area contributed by atoms with Crippen LogP contribution in [0.3, 0.4) is 0 Å². The van der Waals surface area contributed by atoms with Crippen molar-refractivity contribution in [2.24, 2.45) is 11.8 Å². The highest BCUT2D eigenvalue weighted by Gasteiger charge is 2.41. The van der Waals surface area contributed by atoms with E-state index in [0.717, 1.165) is 27.1 Å². The molecule has 2 aliphatic rings. The molecule has 0 aliphatic heterocycles. The monoisotopic (exact) mass is 278 g/mol. The molecular formula is C14H15ClN2S. The van der Waals surface area contributed by atoms with Crippen LogP contribution >= 0.6 is 23.8 Å². The minimum absolute atomic E-state index is 0.587. The van der Waals surface area contributed by atoms with Crippen LogP contribution in [0.5, 0.6) is 0 Å². The third-order valence-corrected chi connectivity index (χ3v) is 5.25. The number of rotatable bonds is 1. The van der Waals surface area contributed by atoms with E-state index in [1.165, 1.54) is 31.2 Å². The Morgan fingerprint density at radius 3 is 2.89 bits per heavy atom. The predicted octanol–water partition coefficient (Wildman–Crippen LogP) is 4.71. The van der Waals surface area contributed by atoms with Gasteiger partial charge in [0, 0.05) is 11.1 Å². The Morgan fingerprint density at radius 2 is 2.17 bits per heavy atom. The molecule has 2 nitrogen and oxygen atoms in total. The summed E-state index contributed by atoms with van der Waals surface area (Å²) in [6.45, 7) is 0. The Balaban J connectivity index is 1.91. The van der Waals surface area contributed by atoms with Gasteiger partial charge in [-0.25, -0.2) is 0 Å². The fraction of sp³-hybridized carbons (Fsp3) is 0.500. The molecule has 0 amide bonds. The van der Waals surface area contributed by atoms with Gasteiger partial charge < -0.3 is 9.55 Å². The van der Waals surface area contributed by atoms with Crippen LogP contribution in [0.4, 0.5) is 0 Å². The van der Waals surface area contributed by atoms with Crippen LogP contribution in [0.2, 0.25) is 5.02 Å². The van der Waals surface area contributed by atoms with Crippen molar-refractivity contribution in [3.8, 4) is 0 Å². The average molecular weight is 279 g/mol. The number of halogens is 1. The molecule has 1 N–H and O–H groups in total. The highest BCUT2D eigenvalue weighted by molar-refractivity contribution is 7.71. The standard InChI is InChI=1S/C14H15ClN2S/c15-10-3-4-11-13(7-10)17(14(18)16-11)12-6-8-1-2-9(12)5-8/h3-4,7-9,12H,1-2,5-6H2,(H,16,18). The number of aromatic nitrogens is 2. The Hall–Kier alpha value is -0.800. The lowest BCUT2D eigenvalue weighted by atomic mass is 9.95. The van der Waals surface area contributed by atoms with Gasteiger partial charge in [-0.2, -0.15) is 0 Å². The molecule has 1 aromatic heterocycles. The lowest BCUT2D eigenvalue weighted by molar-refractivity contribution is 0.333. The van der Waals surface area contributed by atoms with Crippen molar-refractivity contribution >= 4 is 34.9 Å². The first-order chi connectivity index (χ1) is 8.72. The Bertz CT molecular complexity index is 672. The number of imidazole rings is 1. The SMILES string of the molecule is S=c1[nH]c2ccc(Cl)cc2n1C1CC2CCC1C2. The topological polar surface area (TPSA) is 20.7 Å². The van der Waals surface area contributed by atoms with E-state index in [9.17, 15) is 0 Å². The average Bonchev–Trinajstić information content (AvgIpc) is 3.01. The Kier molecular flexibility index (Phi) is 2.36. The van der Waals surface area contributed by atoms with E-state index in [2.05, 4.69) is 9.55 Å². The predicted molar refractivity (Wildman–Crippen MR) is 76.6 cm³/mol. The van der Waals surface area contributed by atoms with Crippen molar-refractivity contribution in [1.29, 1.82) is 0 Å². The molecule has 2 saturated carbocycles. The number of H-pyrrole nitrogens is 1. The van der Waals surface area contributed by atoms with Crippen molar-refractivity contribution < 1.29 is 0 Å². The zero-order valence-electron chi connectivity index (χ0n) is 10.0. The molecule has 94 valence electrons.